The summed E-state index contributed by atoms with van der Waals surface area (Å²) < 4.78 is 5.46. The van der Waals surface area contributed by atoms with Crippen molar-refractivity contribution in [1.82, 2.24) is 9.80 Å². The van der Waals surface area contributed by atoms with Crippen molar-refractivity contribution < 1.29 is 9.53 Å². The van der Waals surface area contributed by atoms with Gasteiger partial charge < -0.3 is 9.64 Å². The Morgan fingerprint density at radius 1 is 1.07 bits per heavy atom. The Labute approximate surface area is 174 Å². The summed E-state index contributed by atoms with van der Waals surface area (Å²) in [5.41, 5.74) is 0.764. The van der Waals surface area contributed by atoms with Crippen LogP contribution in [0, 0.1) is 5.92 Å². The number of hydrogen-bond donors (Lipinski definition) is 0. The maximum atomic E-state index is 13.7. The molecule has 3 aliphatic rings. The highest BCUT2D eigenvalue weighted by Gasteiger charge is 2.44. The number of piperidine rings is 1. The summed E-state index contributed by atoms with van der Waals surface area (Å²) in [4.78, 5) is 18.4. The van der Waals surface area contributed by atoms with Gasteiger partial charge in [0.2, 0.25) is 5.91 Å². The first-order valence-corrected chi connectivity index (χ1v) is 11.4. The minimum Gasteiger partial charge on any atom is -0.379 e. The Morgan fingerprint density at radius 2 is 1.79 bits per heavy atom. The van der Waals surface area contributed by atoms with Crippen molar-refractivity contribution in [2.75, 3.05) is 45.9 Å². The normalized spacial score (nSPS) is 24.2. The molecule has 1 aliphatic carbocycles. The zero-order valence-corrected chi connectivity index (χ0v) is 17.6. The van der Waals surface area contributed by atoms with Crippen LogP contribution in [0.1, 0.15) is 50.5 Å². The van der Waals surface area contributed by atoms with E-state index >= 15 is 0 Å². The van der Waals surface area contributed by atoms with Gasteiger partial charge in [0.25, 0.3) is 0 Å². The van der Waals surface area contributed by atoms with Crippen LogP contribution in [0.3, 0.4) is 0 Å². The van der Waals surface area contributed by atoms with Crippen LogP contribution in [0.15, 0.2) is 24.3 Å². The highest BCUT2D eigenvalue weighted by atomic mass is 35.5. The number of amides is 1. The molecule has 0 bridgehead atoms. The Hall–Kier alpha value is -1.10. The maximum absolute atomic E-state index is 13.7. The number of nitrogens with zero attached hydrogens (tertiary/aromatic N) is 2. The fraction of sp³-hybridized carbons (Fsp3) is 0.696. The molecule has 1 aromatic carbocycles. The molecule has 4 rings (SSSR count). The van der Waals surface area contributed by atoms with Crippen molar-refractivity contribution in [3.8, 4) is 0 Å². The molecule has 2 saturated heterocycles. The number of rotatable bonds is 4. The van der Waals surface area contributed by atoms with Crippen LogP contribution in [0.4, 0.5) is 0 Å². The van der Waals surface area contributed by atoms with Gasteiger partial charge >= 0.3 is 0 Å². The molecule has 0 atom stereocenters. The van der Waals surface area contributed by atoms with Crippen molar-refractivity contribution in [1.29, 1.82) is 0 Å². The van der Waals surface area contributed by atoms with Crippen molar-refractivity contribution in [2.45, 2.75) is 50.4 Å². The second kappa shape index (κ2) is 9.15. The van der Waals surface area contributed by atoms with E-state index in [9.17, 15) is 4.79 Å². The van der Waals surface area contributed by atoms with Crippen molar-refractivity contribution in [3.05, 3.63) is 34.9 Å². The van der Waals surface area contributed by atoms with Gasteiger partial charge in [-0.1, -0.05) is 43.0 Å². The van der Waals surface area contributed by atoms with E-state index in [4.69, 9.17) is 16.3 Å². The first-order chi connectivity index (χ1) is 13.7. The van der Waals surface area contributed by atoms with E-state index in [1.165, 1.54) is 6.42 Å². The molecule has 0 unspecified atom stereocenters. The van der Waals surface area contributed by atoms with Gasteiger partial charge in [-0.25, -0.2) is 0 Å². The number of likely N-dealkylation sites (tertiary alicyclic amines) is 1. The topological polar surface area (TPSA) is 32.8 Å². The van der Waals surface area contributed by atoms with Gasteiger partial charge in [0.05, 0.1) is 18.6 Å². The minimum absolute atomic E-state index is 0.347. The lowest BCUT2D eigenvalue weighted by atomic mass is 9.68. The average Bonchev–Trinajstić information content (AvgIpc) is 2.75. The molecule has 2 heterocycles. The van der Waals surface area contributed by atoms with Crippen molar-refractivity contribution in [3.63, 3.8) is 0 Å². The quantitative estimate of drug-likeness (QED) is 0.756. The zero-order chi connectivity index (χ0) is 19.4. The monoisotopic (exact) mass is 404 g/mol. The molecule has 1 saturated carbocycles. The third kappa shape index (κ3) is 4.39. The number of carbonyl (C=O) groups is 1. The summed E-state index contributed by atoms with van der Waals surface area (Å²) in [6.07, 6.45) is 7.65. The molecular weight excluding hydrogens is 372 g/mol. The molecule has 4 nitrogen and oxygen atoms in total. The average molecular weight is 405 g/mol. The summed E-state index contributed by atoms with van der Waals surface area (Å²) in [6.45, 7) is 6.78. The fourth-order valence-electron chi connectivity index (χ4n) is 5.34. The Balaban J connectivity index is 1.42. The standard InChI is InChI=1S/C23H33ClN2O2/c24-21-6-4-5-20(17-21)23(9-2-1-3-10-23)22(27)26-11-7-19(8-12-26)18-25-13-15-28-16-14-25/h4-6,17,19H,1-3,7-16,18H2. The van der Waals surface area contributed by atoms with Crippen LogP contribution < -0.4 is 0 Å². The zero-order valence-electron chi connectivity index (χ0n) is 16.9. The van der Waals surface area contributed by atoms with Gasteiger partial charge in [0.15, 0.2) is 0 Å². The summed E-state index contributed by atoms with van der Waals surface area (Å²) in [7, 11) is 0. The van der Waals surface area contributed by atoms with E-state index in [-0.39, 0.29) is 5.41 Å². The van der Waals surface area contributed by atoms with Crippen LogP contribution in [-0.4, -0.2) is 61.6 Å². The van der Waals surface area contributed by atoms with E-state index in [0.29, 0.717) is 11.8 Å². The molecule has 1 amide bonds. The van der Waals surface area contributed by atoms with Crippen LogP contribution >= 0.6 is 11.6 Å². The van der Waals surface area contributed by atoms with Crippen molar-refractivity contribution >= 4 is 17.5 Å². The molecule has 154 valence electrons. The minimum atomic E-state index is -0.361. The highest BCUT2D eigenvalue weighted by Crippen LogP contribution is 2.42. The first kappa shape index (κ1) is 20.2. The molecule has 1 aromatic rings. The Morgan fingerprint density at radius 3 is 2.46 bits per heavy atom. The number of hydrogen-bond acceptors (Lipinski definition) is 3. The lowest BCUT2D eigenvalue weighted by Crippen LogP contribution is -2.51. The molecule has 0 spiro atoms. The van der Waals surface area contributed by atoms with E-state index in [2.05, 4.69) is 15.9 Å². The SMILES string of the molecule is O=C(N1CCC(CN2CCOCC2)CC1)C1(c2cccc(Cl)c2)CCCCC1. The predicted octanol–water partition coefficient (Wildman–Crippen LogP) is 4.11. The number of morpholine rings is 1. The second-order valence-corrected chi connectivity index (χ2v) is 9.24. The highest BCUT2D eigenvalue weighted by molar-refractivity contribution is 6.30. The molecule has 0 N–H and O–H groups in total. The summed E-state index contributed by atoms with van der Waals surface area (Å²) in [5, 5.41) is 0.736. The van der Waals surface area contributed by atoms with Gasteiger partial charge in [-0.15, -0.1) is 0 Å². The van der Waals surface area contributed by atoms with Gasteiger partial charge in [0, 0.05) is 37.7 Å². The molecule has 0 aromatic heterocycles. The first-order valence-electron chi connectivity index (χ1n) is 11.0. The van der Waals surface area contributed by atoms with E-state index in [1.807, 2.05) is 18.2 Å². The third-order valence-electron chi connectivity index (χ3n) is 7.02. The van der Waals surface area contributed by atoms with Gasteiger partial charge in [-0.2, -0.15) is 0 Å². The molecule has 5 heteroatoms. The largest absolute Gasteiger partial charge is 0.379 e. The molecule has 28 heavy (non-hydrogen) atoms. The van der Waals surface area contributed by atoms with Crippen molar-refractivity contribution in [2.24, 2.45) is 5.92 Å². The molecule has 2 aliphatic heterocycles. The third-order valence-corrected chi connectivity index (χ3v) is 7.25. The summed E-state index contributed by atoms with van der Waals surface area (Å²) in [5.74, 6) is 1.05. The summed E-state index contributed by atoms with van der Waals surface area (Å²) >= 11 is 6.29. The van der Waals surface area contributed by atoms with Crippen LogP contribution in [0.2, 0.25) is 5.02 Å². The fourth-order valence-corrected chi connectivity index (χ4v) is 5.53. The van der Waals surface area contributed by atoms with Gasteiger partial charge in [0.1, 0.15) is 0 Å². The number of carbonyl (C=O) groups excluding carboxylic acids is 1. The lowest BCUT2D eigenvalue weighted by molar-refractivity contribution is -0.140. The number of halogens is 1. The molecule has 3 fully saturated rings. The van der Waals surface area contributed by atoms with E-state index in [0.717, 1.165) is 95.0 Å². The smallest absolute Gasteiger partial charge is 0.233 e. The van der Waals surface area contributed by atoms with Crippen LogP contribution in [0.5, 0.6) is 0 Å². The van der Waals surface area contributed by atoms with Crippen LogP contribution in [-0.2, 0) is 14.9 Å². The van der Waals surface area contributed by atoms with Gasteiger partial charge in [-0.05, 0) is 49.3 Å². The molecular formula is C23H33ClN2O2. The lowest BCUT2D eigenvalue weighted by Gasteiger charge is -2.43. The molecule has 0 radical (unpaired) electrons. The van der Waals surface area contributed by atoms with Crippen LogP contribution in [0.25, 0.3) is 0 Å². The Kier molecular flexibility index (Phi) is 6.59. The van der Waals surface area contributed by atoms with E-state index < -0.39 is 0 Å². The maximum Gasteiger partial charge on any atom is 0.233 e. The predicted molar refractivity (Wildman–Crippen MR) is 113 cm³/mol. The summed E-state index contributed by atoms with van der Waals surface area (Å²) in [6, 6.07) is 8.04. The second-order valence-electron chi connectivity index (χ2n) is 8.80. The number of benzene rings is 1. The number of ether oxygens (including phenoxy) is 1. The van der Waals surface area contributed by atoms with Gasteiger partial charge in [-0.3, -0.25) is 9.69 Å². The Bertz CT molecular complexity index is 660. The van der Waals surface area contributed by atoms with E-state index in [1.54, 1.807) is 0 Å².